The molecule has 1 aliphatic rings. The molecule has 0 saturated heterocycles. The number of rotatable bonds is 4. The quantitative estimate of drug-likeness (QED) is 0.796. The Kier molecular flexibility index (Phi) is 3.07. The van der Waals surface area contributed by atoms with Gasteiger partial charge in [-0.3, -0.25) is 0 Å². The molecule has 0 radical (unpaired) electrons. The number of nitrogens with one attached hydrogen (secondary N) is 1. The molecule has 1 fully saturated rings. The van der Waals surface area contributed by atoms with Crippen LogP contribution in [0.2, 0.25) is 0 Å². The van der Waals surface area contributed by atoms with Crippen molar-refractivity contribution in [2.24, 2.45) is 0 Å². The minimum absolute atomic E-state index is 0.692. The van der Waals surface area contributed by atoms with Crippen molar-refractivity contribution in [3.8, 4) is 0 Å². The van der Waals surface area contributed by atoms with Crippen LogP contribution in [0.25, 0.3) is 0 Å². The Morgan fingerprint density at radius 2 is 2.29 bits per heavy atom. The monoisotopic (exact) mass is 193 g/mol. The standard InChI is InChI=1S/C11H19N3/c1-2-7-12-11-13-8-9-14(11)10-5-3-4-6-10/h8-10H,2-7H2,1H3,(H,12,13). The summed E-state index contributed by atoms with van der Waals surface area (Å²) < 4.78 is 2.31. The molecule has 1 aromatic rings. The third kappa shape index (κ3) is 1.91. The van der Waals surface area contributed by atoms with Gasteiger partial charge in [0.1, 0.15) is 0 Å². The SMILES string of the molecule is CCCNc1nccn1C1CCCC1. The van der Waals surface area contributed by atoms with Gasteiger partial charge in [0.2, 0.25) is 5.95 Å². The molecule has 0 aliphatic heterocycles. The van der Waals surface area contributed by atoms with Crippen molar-refractivity contribution in [1.82, 2.24) is 9.55 Å². The van der Waals surface area contributed by atoms with Crippen LogP contribution in [0.5, 0.6) is 0 Å². The van der Waals surface area contributed by atoms with Gasteiger partial charge in [-0.25, -0.2) is 4.98 Å². The fourth-order valence-electron chi connectivity index (χ4n) is 2.16. The van der Waals surface area contributed by atoms with Crippen molar-refractivity contribution in [2.75, 3.05) is 11.9 Å². The maximum absolute atomic E-state index is 4.35. The summed E-state index contributed by atoms with van der Waals surface area (Å²) in [4.78, 5) is 4.35. The minimum atomic E-state index is 0.692. The van der Waals surface area contributed by atoms with E-state index in [4.69, 9.17) is 0 Å². The molecule has 0 unspecified atom stereocenters. The van der Waals surface area contributed by atoms with Gasteiger partial charge < -0.3 is 9.88 Å². The van der Waals surface area contributed by atoms with Gasteiger partial charge in [-0.05, 0) is 19.3 Å². The van der Waals surface area contributed by atoms with Crippen LogP contribution in [0.15, 0.2) is 12.4 Å². The van der Waals surface area contributed by atoms with Crippen LogP contribution < -0.4 is 5.32 Å². The first-order chi connectivity index (χ1) is 6.92. The van der Waals surface area contributed by atoms with Gasteiger partial charge in [0, 0.05) is 25.0 Å². The summed E-state index contributed by atoms with van der Waals surface area (Å²) in [7, 11) is 0. The summed E-state index contributed by atoms with van der Waals surface area (Å²) in [5.41, 5.74) is 0. The lowest BCUT2D eigenvalue weighted by atomic mass is 10.2. The van der Waals surface area contributed by atoms with E-state index in [0.29, 0.717) is 6.04 Å². The summed E-state index contributed by atoms with van der Waals surface area (Å²) >= 11 is 0. The highest BCUT2D eigenvalue weighted by Crippen LogP contribution is 2.31. The van der Waals surface area contributed by atoms with E-state index in [1.807, 2.05) is 6.20 Å². The van der Waals surface area contributed by atoms with Crippen molar-refractivity contribution in [1.29, 1.82) is 0 Å². The van der Waals surface area contributed by atoms with Gasteiger partial charge in [-0.2, -0.15) is 0 Å². The zero-order valence-corrected chi connectivity index (χ0v) is 8.87. The van der Waals surface area contributed by atoms with Gasteiger partial charge in [0.15, 0.2) is 0 Å². The summed E-state index contributed by atoms with van der Waals surface area (Å²) in [6, 6.07) is 0.692. The second-order valence-corrected chi connectivity index (χ2v) is 4.02. The van der Waals surface area contributed by atoms with E-state index in [1.165, 1.54) is 25.7 Å². The van der Waals surface area contributed by atoms with E-state index in [1.54, 1.807) is 0 Å². The molecule has 1 N–H and O–H groups in total. The molecule has 3 heteroatoms. The first kappa shape index (κ1) is 9.56. The highest BCUT2D eigenvalue weighted by atomic mass is 15.2. The number of imidazole rings is 1. The van der Waals surface area contributed by atoms with E-state index >= 15 is 0 Å². The van der Waals surface area contributed by atoms with Crippen molar-refractivity contribution < 1.29 is 0 Å². The molecule has 1 aliphatic carbocycles. The smallest absolute Gasteiger partial charge is 0.203 e. The molecule has 14 heavy (non-hydrogen) atoms. The molecule has 3 nitrogen and oxygen atoms in total. The second-order valence-electron chi connectivity index (χ2n) is 4.02. The lowest BCUT2D eigenvalue weighted by Gasteiger charge is -2.15. The van der Waals surface area contributed by atoms with E-state index in [9.17, 15) is 0 Å². The highest BCUT2D eigenvalue weighted by Gasteiger charge is 2.18. The van der Waals surface area contributed by atoms with E-state index < -0.39 is 0 Å². The van der Waals surface area contributed by atoms with Gasteiger partial charge in [-0.1, -0.05) is 19.8 Å². The first-order valence-electron chi connectivity index (χ1n) is 5.68. The van der Waals surface area contributed by atoms with Crippen molar-refractivity contribution in [3.63, 3.8) is 0 Å². The molecule has 1 heterocycles. The Morgan fingerprint density at radius 3 is 3.00 bits per heavy atom. The lowest BCUT2D eigenvalue weighted by Crippen LogP contribution is -2.11. The van der Waals surface area contributed by atoms with Crippen LogP contribution in [0.1, 0.15) is 45.1 Å². The number of hydrogen-bond donors (Lipinski definition) is 1. The molecule has 2 rings (SSSR count). The van der Waals surface area contributed by atoms with Crippen LogP contribution in [0.4, 0.5) is 5.95 Å². The number of anilines is 1. The van der Waals surface area contributed by atoms with E-state index in [2.05, 4.69) is 28.0 Å². The minimum Gasteiger partial charge on any atom is -0.356 e. The third-order valence-electron chi connectivity index (χ3n) is 2.92. The average molecular weight is 193 g/mol. The molecule has 78 valence electrons. The van der Waals surface area contributed by atoms with Crippen molar-refractivity contribution in [2.45, 2.75) is 45.1 Å². The van der Waals surface area contributed by atoms with Crippen LogP contribution in [-0.2, 0) is 0 Å². The predicted octanol–water partition coefficient (Wildman–Crippen LogP) is 2.82. The van der Waals surface area contributed by atoms with Crippen LogP contribution in [-0.4, -0.2) is 16.1 Å². The maximum atomic E-state index is 4.35. The average Bonchev–Trinajstić information content (AvgIpc) is 2.84. The molecule has 0 aromatic carbocycles. The van der Waals surface area contributed by atoms with Crippen molar-refractivity contribution in [3.05, 3.63) is 12.4 Å². The number of nitrogens with zero attached hydrogens (tertiary/aromatic N) is 2. The van der Waals surface area contributed by atoms with Crippen LogP contribution in [0.3, 0.4) is 0 Å². The first-order valence-corrected chi connectivity index (χ1v) is 5.68. The zero-order valence-electron chi connectivity index (χ0n) is 8.87. The summed E-state index contributed by atoms with van der Waals surface area (Å²) in [6.07, 6.45) is 10.5. The van der Waals surface area contributed by atoms with Crippen LogP contribution in [0, 0.1) is 0 Å². The summed E-state index contributed by atoms with van der Waals surface area (Å²) in [6.45, 7) is 3.19. The zero-order chi connectivity index (χ0) is 9.80. The van der Waals surface area contributed by atoms with Gasteiger partial charge >= 0.3 is 0 Å². The number of hydrogen-bond acceptors (Lipinski definition) is 2. The Hall–Kier alpha value is -0.990. The Morgan fingerprint density at radius 1 is 1.50 bits per heavy atom. The molecule has 0 spiro atoms. The van der Waals surface area contributed by atoms with Crippen molar-refractivity contribution >= 4 is 5.95 Å². The molecule has 0 bridgehead atoms. The molecule has 0 amide bonds. The normalized spacial score (nSPS) is 17.5. The molecule has 1 saturated carbocycles. The predicted molar refractivity (Wildman–Crippen MR) is 58.5 cm³/mol. The topological polar surface area (TPSA) is 29.9 Å². The largest absolute Gasteiger partial charge is 0.356 e. The fraction of sp³-hybridized carbons (Fsp3) is 0.727. The Balaban J connectivity index is 2.04. The third-order valence-corrected chi connectivity index (χ3v) is 2.92. The summed E-state index contributed by atoms with van der Waals surface area (Å²) in [5, 5.41) is 3.37. The molecular weight excluding hydrogens is 174 g/mol. The Labute approximate surface area is 85.5 Å². The molecular formula is C11H19N3. The molecule has 1 aromatic heterocycles. The summed E-state index contributed by atoms with van der Waals surface area (Å²) in [5.74, 6) is 1.05. The maximum Gasteiger partial charge on any atom is 0.203 e. The van der Waals surface area contributed by atoms with Gasteiger partial charge in [0.05, 0.1) is 0 Å². The fourth-order valence-corrected chi connectivity index (χ4v) is 2.16. The Bertz CT molecular complexity index is 274. The van der Waals surface area contributed by atoms with Crippen LogP contribution >= 0.6 is 0 Å². The van der Waals surface area contributed by atoms with E-state index in [-0.39, 0.29) is 0 Å². The van der Waals surface area contributed by atoms with Gasteiger partial charge in [0.25, 0.3) is 0 Å². The molecule has 0 atom stereocenters. The van der Waals surface area contributed by atoms with E-state index in [0.717, 1.165) is 18.9 Å². The lowest BCUT2D eigenvalue weighted by molar-refractivity contribution is 0.523. The highest BCUT2D eigenvalue weighted by molar-refractivity contribution is 5.26. The number of aromatic nitrogens is 2. The second kappa shape index (κ2) is 4.49. The van der Waals surface area contributed by atoms with Gasteiger partial charge in [-0.15, -0.1) is 0 Å².